The maximum absolute atomic E-state index is 11.6. The lowest BCUT2D eigenvalue weighted by Gasteiger charge is -2.56. The van der Waals surface area contributed by atoms with Crippen molar-refractivity contribution in [3.8, 4) is 0 Å². The van der Waals surface area contributed by atoms with Crippen LogP contribution in [0.25, 0.3) is 0 Å². The average Bonchev–Trinajstić information content (AvgIpc) is 2.21. The second-order valence-corrected chi connectivity index (χ2v) is 4.70. The lowest BCUT2D eigenvalue weighted by atomic mass is 9.57. The summed E-state index contributed by atoms with van der Waals surface area (Å²) < 4.78 is 10.4. The van der Waals surface area contributed by atoms with E-state index in [1.54, 1.807) is 12.4 Å². The largest absolute Gasteiger partial charge is 0.481 e. The number of rotatable bonds is 3. The van der Waals surface area contributed by atoms with Crippen LogP contribution < -0.4 is 0 Å². The Hall–Kier alpha value is -1.46. The summed E-state index contributed by atoms with van der Waals surface area (Å²) in [5.41, 5.74) is -0.406. The van der Waals surface area contributed by atoms with Crippen LogP contribution in [-0.2, 0) is 19.7 Å². The Labute approximate surface area is 98.4 Å². The monoisotopic (exact) mass is 235 g/mol. The first kappa shape index (κ1) is 10.7. The van der Waals surface area contributed by atoms with E-state index in [1.165, 1.54) is 0 Å². The van der Waals surface area contributed by atoms with Gasteiger partial charge < -0.3 is 14.6 Å². The van der Waals surface area contributed by atoms with Crippen molar-refractivity contribution in [1.29, 1.82) is 0 Å². The molecule has 5 nitrogen and oxygen atoms in total. The van der Waals surface area contributed by atoms with Crippen LogP contribution in [0.4, 0.5) is 0 Å². The molecule has 0 atom stereocenters. The normalized spacial score (nSPS) is 24.5. The van der Waals surface area contributed by atoms with Crippen molar-refractivity contribution in [3.63, 3.8) is 0 Å². The second kappa shape index (κ2) is 3.51. The van der Waals surface area contributed by atoms with Crippen LogP contribution in [-0.4, -0.2) is 42.5 Å². The minimum atomic E-state index is -0.853. The zero-order valence-electron chi connectivity index (χ0n) is 9.26. The van der Waals surface area contributed by atoms with Crippen LogP contribution in [0.15, 0.2) is 24.5 Å². The number of carboxylic acids is 1. The number of aliphatic carboxylic acids is 1. The Morgan fingerprint density at radius 2 is 2.00 bits per heavy atom. The topological polar surface area (TPSA) is 68.7 Å². The number of hydrogen-bond donors (Lipinski definition) is 1. The van der Waals surface area contributed by atoms with Crippen molar-refractivity contribution < 1.29 is 19.4 Å². The Bertz CT molecular complexity index is 437. The van der Waals surface area contributed by atoms with Gasteiger partial charge in [0.25, 0.3) is 0 Å². The van der Waals surface area contributed by atoms with Gasteiger partial charge in [-0.25, -0.2) is 0 Å². The Kier molecular flexibility index (Phi) is 2.21. The first-order chi connectivity index (χ1) is 8.21. The molecule has 0 saturated carbocycles. The Morgan fingerprint density at radius 1 is 1.29 bits per heavy atom. The van der Waals surface area contributed by atoms with Gasteiger partial charge in [-0.3, -0.25) is 9.78 Å². The molecule has 0 bridgehead atoms. The zero-order chi connectivity index (χ0) is 11.9. The SMILES string of the molecule is O=C(O)C1(C2(c3cccnc3)COC2)COC1. The minimum Gasteiger partial charge on any atom is -0.481 e. The summed E-state index contributed by atoms with van der Waals surface area (Å²) in [5, 5.41) is 9.49. The van der Waals surface area contributed by atoms with E-state index in [0.29, 0.717) is 13.2 Å². The van der Waals surface area contributed by atoms with Crippen molar-refractivity contribution >= 4 is 5.97 Å². The van der Waals surface area contributed by atoms with E-state index < -0.39 is 16.8 Å². The molecule has 90 valence electrons. The first-order valence-corrected chi connectivity index (χ1v) is 5.51. The van der Waals surface area contributed by atoms with Gasteiger partial charge in [0.1, 0.15) is 5.41 Å². The molecule has 0 unspecified atom stereocenters. The van der Waals surface area contributed by atoms with E-state index in [-0.39, 0.29) is 13.2 Å². The zero-order valence-corrected chi connectivity index (χ0v) is 9.26. The van der Waals surface area contributed by atoms with Gasteiger partial charge in [0.05, 0.1) is 31.8 Å². The molecule has 1 N–H and O–H groups in total. The minimum absolute atomic E-state index is 0.251. The molecule has 0 amide bonds. The molecule has 2 fully saturated rings. The van der Waals surface area contributed by atoms with E-state index in [1.807, 2.05) is 12.1 Å². The summed E-state index contributed by atoms with van der Waals surface area (Å²) in [4.78, 5) is 15.6. The highest BCUT2D eigenvalue weighted by atomic mass is 16.5. The van der Waals surface area contributed by atoms with E-state index in [9.17, 15) is 9.90 Å². The number of hydrogen-bond acceptors (Lipinski definition) is 4. The molecule has 0 spiro atoms. The van der Waals surface area contributed by atoms with Gasteiger partial charge in [0, 0.05) is 12.4 Å². The summed E-state index contributed by atoms with van der Waals surface area (Å²) in [6.07, 6.45) is 3.41. The van der Waals surface area contributed by atoms with Crippen LogP contribution >= 0.6 is 0 Å². The molecule has 3 heterocycles. The number of carbonyl (C=O) groups is 1. The van der Waals surface area contributed by atoms with Gasteiger partial charge in [-0.2, -0.15) is 0 Å². The third kappa shape index (κ3) is 1.21. The third-order valence-electron chi connectivity index (χ3n) is 3.93. The summed E-state index contributed by atoms with van der Waals surface area (Å²) in [6.45, 7) is 1.35. The summed E-state index contributed by atoms with van der Waals surface area (Å²) in [7, 11) is 0. The predicted octanol–water partition coefficient (Wildman–Crippen LogP) is 0.451. The molecular formula is C12H13NO4. The molecule has 0 aromatic carbocycles. The fraction of sp³-hybridized carbons (Fsp3) is 0.500. The molecule has 1 aromatic heterocycles. The van der Waals surface area contributed by atoms with Crippen molar-refractivity contribution in [1.82, 2.24) is 4.98 Å². The quantitative estimate of drug-likeness (QED) is 0.823. The van der Waals surface area contributed by atoms with E-state index in [4.69, 9.17) is 9.47 Å². The van der Waals surface area contributed by atoms with Crippen LogP contribution in [0.3, 0.4) is 0 Å². The molecule has 3 rings (SSSR count). The number of nitrogens with zero attached hydrogens (tertiary/aromatic N) is 1. The maximum atomic E-state index is 11.6. The summed E-state index contributed by atoms with van der Waals surface area (Å²) >= 11 is 0. The van der Waals surface area contributed by atoms with Crippen LogP contribution in [0.2, 0.25) is 0 Å². The van der Waals surface area contributed by atoms with Crippen LogP contribution in [0.1, 0.15) is 5.56 Å². The average molecular weight is 235 g/mol. The summed E-state index contributed by atoms with van der Waals surface area (Å²) in [6, 6.07) is 3.74. The highest BCUT2D eigenvalue weighted by Crippen LogP contribution is 2.51. The highest BCUT2D eigenvalue weighted by Gasteiger charge is 2.65. The van der Waals surface area contributed by atoms with E-state index in [2.05, 4.69) is 4.98 Å². The van der Waals surface area contributed by atoms with Crippen molar-refractivity contribution in [3.05, 3.63) is 30.1 Å². The van der Waals surface area contributed by atoms with Gasteiger partial charge >= 0.3 is 5.97 Å². The number of carboxylic acid groups (broad SMARTS) is 1. The lowest BCUT2D eigenvalue weighted by Crippen LogP contribution is -2.69. The van der Waals surface area contributed by atoms with Gasteiger partial charge in [0.15, 0.2) is 0 Å². The number of aromatic nitrogens is 1. The molecule has 2 saturated heterocycles. The van der Waals surface area contributed by atoms with Gasteiger partial charge in [-0.05, 0) is 11.6 Å². The molecular weight excluding hydrogens is 222 g/mol. The molecule has 0 aliphatic carbocycles. The Balaban J connectivity index is 2.06. The van der Waals surface area contributed by atoms with Crippen molar-refractivity contribution in [2.45, 2.75) is 5.41 Å². The lowest BCUT2D eigenvalue weighted by molar-refractivity contribution is -0.236. The van der Waals surface area contributed by atoms with E-state index in [0.717, 1.165) is 5.56 Å². The standard InChI is InChI=1S/C12H13NO4/c14-10(15)12(7-17-8-12)11(5-16-6-11)9-2-1-3-13-4-9/h1-4H,5-8H2,(H,14,15). The fourth-order valence-corrected chi connectivity index (χ4v) is 2.58. The molecule has 2 aliphatic rings. The Morgan fingerprint density at radius 3 is 2.35 bits per heavy atom. The maximum Gasteiger partial charge on any atom is 0.315 e. The van der Waals surface area contributed by atoms with Crippen LogP contribution in [0, 0.1) is 5.41 Å². The molecule has 17 heavy (non-hydrogen) atoms. The highest BCUT2D eigenvalue weighted by molar-refractivity contribution is 5.79. The van der Waals surface area contributed by atoms with Crippen molar-refractivity contribution in [2.24, 2.45) is 5.41 Å². The summed E-state index contributed by atoms with van der Waals surface area (Å²) in [5.74, 6) is -0.809. The third-order valence-corrected chi connectivity index (χ3v) is 3.93. The predicted molar refractivity (Wildman–Crippen MR) is 57.6 cm³/mol. The van der Waals surface area contributed by atoms with Gasteiger partial charge in [0.2, 0.25) is 0 Å². The van der Waals surface area contributed by atoms with E-state index >= 15 is 0 Å². The second-order valence-electron chi connectivity index (χ2n) is 4.70. The molecule has 0 radical (unpaired) electrons. The molecule has 2 aliphatic heterocycles. The van der Waals surface area contributed by atoms with Gasteiger partial charge in [-0.1, -0.05) is 6.07 Å². The van der Waals surface area contributed by atoms with Crippen LogP contribution in [0.5, 0.6) is 0 Å². The molecule has 1 aromatic rings. The van der Waals surface area contributed by atoms with Crippen molar-refractivity contribution in [2.75, 3.05) is 26.4 Å². The first-order valence-electron chi connectivity index (χ1n) is 5.51. The molecule has 5 heteroatoms. The smallest absolute Gasteiger partial charge is 0.315 e. The fourth-order valence-electron chi connectivity index (χ4n) is 2.58. The number of ether oxygens (including phenoxy) is 2. The van der Waals surface area contributed by atoms with Gasteiger partial charge in [-0.15, -0.1) is 0 Å². The number of pyridine rings is 1.